The van der Waals surface area contributed by atoms with E-state index in [2.05, 4.69) is 79.0 Å². The highest BCUT2D eigenvalue weighted by molar-refractivity contribution is 6.39. The molecular weight excluding hydrogens is 539 g/mol. The summed E-state index contributed by atoms with van der Waals surface area (Å²) in [6.45, 7) is 21.1. The number of fused-ring (bicyclic) bond motifs is 1. The number of hydrogen-bond acceptors (Lipinski definition) is 6. The molecule has 0 unspecified atom stereocenters. The van der Waals surface area contributed by atoms with Crippen LogP contribution in [0.3, 0.4) is 0 Å². The van der Waals surface area contributed by atoms with Crippen LogP contribution in [-0.2, 0) is 19.3 Å². The molecule has 0 saturated carbocycles. The molecule has 3 heterocycles. The molecule has 3 aromatic rings. The number of hydrogen-bond donors (Lipinski definition) is 2. The van der Waals surface area contributed by atoms with Gasteiger partial charge in [0.1, 0.15) is 5.82 Å². The second-order valence-electron chi connectivity index (χ2n) is 9.98. The van der Waals surface area contributed by atoms with Gasteiger partial charge in [0.25, 0.3) is 0 Å². The normalized spacial score (nSPS) is 12.7. The maximum Gasteiger partial charge on any atom is 0.224 e. The van der Waals surface area contributed by atoms with Crippen LogP contribution in [-0.4, -0.2) is 27.5 Å². The number of anilines is 3. The molecule has 1 aromatic carbocycles. The number of aromatic nitrogens is 3. The Bertz CT molecular complexity index is 1450. The lowest BCUT2D eigenvalue weighted by Gasteiger charge is -2.33. The molecule has 0 spiro atoms. The Morgan fingerprint density at radius 3 is 2.35 bits per heavy atom. The number of rotatable bonds is 11. The van der Waals surface area contributed by atoms with Gasteiger partial charge in [-0.15, -0.1) is 0 Å². The summed E-state index contributed by atoms with van der Waals surface area (Å²) in [6.07, 6.45) is 9.63. The summed E-state index contributed by atoms with van der Waals surface area (Å²) in [5.74, 6) is 1.35. The largest absolute Gasteiger partial charge is 0.355 e. The number of nitrogens with zero attached hydrogens (tertiary/aromatic N) is 4. The van der Waals surface area contributed by atoms with Gasteiger partial charge in [-0.2, -0.15) is 4.98 Å². The highest BCUT2D eigenvalue weighted by atomic mass is 35.5. The van der Waals surface area contributed by atoms with Crippen molar-refractivity contribution in [2.24, 2.45) is 0 Å². The fourth-order valence-corrected chi connectivity index (χ4v) is 5.43. The first-order chi connectivity index (χ1) is 19.2. The van der Waals surface area contributed by atoms with Crippen LogP contribution in [0.4, 0.5) is 17.5 Å². The summed E-state index contributed by atoms with van der Waals surface area (Å²) in [5, 5.41) is 7.79. The Morgan fingerprint density at radius 2 is 1.77 bits per heavy atom. The Morgan fingerprint density at radius 1 is 1.07 bits per heavy atom. The average Bonchev–Trinajstić information content (AvgIpc) is 2.93. The number of benzene rings is 1. The first-order valence-electron chi connectivity index (χ1n) is 13.5. The molecular formula is C32H36Cl2N6. The molecule has 0 bridgehead atoms. The van der Waals surface area contributed by atoms with Crippen molar-refractivity contribution in [2.45, 2.75) is 53.0 Å². The molecule has 0 radical (unpaired) electrons. The maximum absolute atomic E-state index is 6.98. The average molecular weight is 576 g/mol. The van der Waals surface area contributed by atoms with E-state index in [0.29, 0.717) is 29.0 Å². The first kappa shape index (κ1) is 29.4. The molecule has 0 fully saturated rings. The molecule has 0 aliphatic carbocycles. The number of aryl methyl sites for hydroxylation is 2. The van der Waals surface area contributed by atoms with E-state index in [9.17, 15) is 0 Å². The van der Waals surface area contributed by atoms with Gasteiger partial charge in [0.15, 0.2) is 0 Å². The van der Waals surface area contributed by atoms with Crippen molar-refractivity contribution < 1.29 is 0 Å². The molecule has 208 valence electrons. The van der Waals surface area contributed by atoms with Crippen molar-refractivity contribution in [1.29, 1.82) is 0 Å². The summed E-state index contributed by atoms with van der Waals surface area (Å²) < 4.78 is 0. The van der Waals surface area contributed by atoms with Crippen molar-refractivity contribution in [2.75, 3.05) is 22.1 Å². The summed E-state index contributed by atoms with van der Waals surface area (Å²) in [6, 6.07) is 6.28. The van der Waals surface area contributed by atoms with Gasteiger partial charge in [-0.05, 0) is 62.1 Å². The number of allylic oxidation sites excluding steroid dienone is 2. The van der Waals surface area contributed by atoms with Crippen LogP contribution in [0, 0.1) is 0 Å². The predicted molar refractivity (Wildman–Crippen MR) is 171 cm³/mol. The van der Waals surface area contributed by atoms with E-state index < -0.39 is 0 Å². The highest BCUT2D eigenvalue weighted by Crippen LogP contribution is 2.45. The zero-order valence-electron chi connectivity index (χ0n) is 23.6. The van der Waals surface area contributed by atoms with Crippen molar-refractivity contribution in [1.82, 2.24) is 15.0 Å². The van der Waals surface area contributed by atoms with Gasteiger partial charge >= 0.3 is 0 Å². The lowest BCUT2D eigenvalue weighted by molar-refractivity contribution is 0.834. The van der Waals surface area contributed by atoms with Gasteiger partial charge in [0.2, 0.25) is 5.95 Å². The van der Waals surface area contributed by atoms with E-state index in [1.165, 1.54) is 0 Å². The van der Waals surface area contributed by atoms with Gasteiger partial charge < -0.3 is 15.5 Å². The lowest BCUT2D eigenvalue weighted by Crippen LogP contribution is -2.30. The third kappa shape index (κ3) is 6.24. The van der Waals surface area contributed by atoms with Gasteiger partial charge in [-0.3, -0.25) is 4.98 Å². The van der Waals surface area contributed by atoms with E-state index in [1.54, 1.807) is 12.3 Å². The van der Waals surface area contributed by atoms with Gasteiger partial charge in [0, 0.05) is 59.0 Å². The number of nitrogens with one attached hydrogen (secondary N) is 2. The van der Waals surface area contributed by atoms with Crippen molar-refractivity contribution in [3.63, 3.8) is 0 Å². The van der Waals surface area contributed by atoms with Crippen LogP contribution in [0.5, 0.6) is 0 Å². The second kappa shape index (κ2) is 12.7. The molecule has 4 rings (SSSR count). The molecule has 6 nitrogen and oxygen atoms in total. The van der Waals surface area contributed by atoms with Crippen LogP contribution < -0.4 is 15.5 Å². The van der Waals surface area contributed by atoms with Crippen molar-refractivity contribution in [3.05, 3.63) is 106 Å². The quantitative estimate of drug-likeness (QED) is 0.224. The summed E-state index contributed by atoms with van der Waals surface area (Å²) in [5.41, 5.74) is 7.97. The van der Waals surface area contributed by atoms with E-state index in [-0.39, 0.29) is 6.04 Å². The Hall–Kier alpha value is -3.61. The number of halogens is 2. The van der Waals surface area contributed by atoms with E-state index in [1.807, 2.05) is 24.4 Å². The van der Waals surface area contributed by atoms with Crippen molar-refractivity contribution in [3.8, 4) is 0 Å². The molecule has 40 heavy (non-hydrogen) atoms. The van der Waals surface area contributed by atoms with Crippen molar-refractivity contribution >= 4 is 52.3 Å². The summed E-state index contributed by atoms with van der Waals surface area (Å²) in [4.78, 5) is 16.2. The van der Waals surface area contributed by atoms with Gasteiger partial charge in [0.05, 0.1) is 21.9 Å². The fraction of sp³-hybridized carbons (Fsp3) is 0.281. The molecule has 0 atom stereocenters. The van der Waals surface area contributed by atoms with Crippen LogP contribution in [0.15, 0.2) is 67.8 Å². The maximum atomic E-state index is 6.98. The van der Waals surface area contributed by atoms with Crippen LogP contribution in [0.1, 0.15) is 55.6 Å². The molecule has 2 N–H and O–H groups in total. The van der Waals surface area contributed by atoms with E-state index in [4.69, 9.17) is 28.2 Å². The minimum Gasteiger partial charge on any atom is -0.355 e. The molecule has 8 heteroatoms. The predicted octanol–water partition coefficient (Wildman–Crippen LogP) is 8.35. The zero-order chi connectivity index (χ0) is 29.0. The SMILES string of the molecule is C=CC(=C)Nc1ccc(CCN2C(=C)C(c3c(Cl)c(CC)cc(CC)c3Cl)=Cc3cnc(NC(C)C)nc32)nc1. The van der Waals surface area contributed by atoms with Crippen LogP contribution in [0.25, 0.3) is 11.6 Å². The highest BCUT2D eigenvalue weighted by Gasteiger charge is 2.29. The van der Waals surface area contributed by atoms with E-state index >= 15 is 0 Å². The minimum absolute atomic E-state index is 0.194. The molecule has 0 saturated heterocycles. The van der Waals surface area contributed by atoms with Crippen LogP contribution in [0.2, 0.25) is 10.0 Å². The number of pyridine rings is 1. The monoisotopic (exact) mass is 574 g/mol. The fourth-order valence-electron chi connectivity index (χ4n) is 4.61. The van der Waals surface area contributed by atoms with Gasteiger partial charge in [-0.25, -0.2) is 4.98 Å². The third-order valence-electron chi connectivity index (χ3n) is 6.76. The summed E-state index contributed by atoms with van der Waals surface area (Å²) >= 11 is 14.0. The second-order valence-corrected chi connectivity index (χ2v) is 10.7. The topological polar surface area (TPSA) is 66.0 Å². The lowest BCUT2D eigenvalue weighted by atomic mass is 9.92. The molecule has 2 aromatic heterocycles. The molecule has 1 aliphatic heterocycles. The van der Waals surface area contributed by atoms with E-state index in [0.717, 1.165) is 69.3 Å². The third-order valence-corrected chi connectivity index (χ3v) is 7.62. The molecule has 0 amide bonds. The molecule has 1 aliphatic rings. The Labute approximate surface area is 247 Å². The Kier molecular flexibility index (Phi) is 9.33. The van der Waals surface area contributed by atoms with Crippen LogP contribution >= 0.6 is 23.2 Å². The smallest absolute Gasteiger partial charge is 0.224 e. The summed E-state index contributed by atoms with van der Waals surface area (Å²) in [7, 11) is 0. The standard InChI is InChI=1S/C32H36Cl2N6/c1-8-20(6)38-26-12-11-25(35-18-26)13-14-40-21(7)27(16-24-17-36-32(37-19(4)5)39-31(24)40)28-29(33)22(9-2)15-23(10-3)30(28)34/h8,11-12,15-19,38H,1,6-7,9-10,13-14H2,2-5H3,(H,36,37,39). The van der Waals surface area contributed by atoms with Gasteiger partial charge in [-0.1, -0.05) is 62.9 Å². The Balaban J connectivity index is 1.74. The minimum atomic E-state index is 0.194. The zero-order valence-corrected chi connectivity index (χ0v) is 25.1. The first-order valence-corrected chi connectivity index (χ1v) is 14.3.